The van der Waals surface area contributed by atoms with E-state index in [1.54, 1.807) is 0 Å². The molecule has 0 radical (unpaired) electrons. The summed E-state index contributed by atoms with van der Waals surface area (Å²) in [5.74, 6) is 1.36. The molecule has 0 amide bonds. The van der Waals surface area contributed by atoms with Crippen molar-refractivity contribution in [1.82, 2.24) is 5.32 Å². The molecular weight excluding hydrogens is 248 g/mol. The molecule has 1 unspecified atom stereocenters. The fraction of sp³-hybridized carbons (Fsp3) is 0.647. The van der Waals surface area contributed by atoms with Crippen molar-refractivity contribution in [2.75, 3.05) is 13.1 Å². The molecule has 1 aliphatic rings. The van der Waals surface area contributed by atoms with Crippen LogP contribution in [0.15, 0.2) is 30.3 Å². The van der Waals surface area contributed by atoms with Crippen LogP contribution in [0.3, 0.4) is 0 Å². The molecule has 1 aromatic carbocycles. The van der Waals surface area contributed by atoms with Crippen molar-refractivity contribution >= 4 is 0 Å². The summed E-state index contributed by atoms with van der Waals surface area (Å²) < 4.78 is 5.92. The number of nitrogens with two attached hydrogens (primary N) is 1. The molecule has 0 bridgehead atoms. The first-order chi connectivity index (χ1) is 9.69. The zero-order valence-corrected chi connectivity index (χ0v) is 12.7. The quantitative estimate of drug-likeness (QED) is 0.767. The second-order valence-electron chi connectivity index (χ2n) is 6.25. The van der Waals surface area contributed by atoms with Crippen molar-refractivity contribution in [3.63, 3.8) is 0 Å². The predicted octanol–water partition coefficient (Wildman–Crippen LogP) is 2.55. The lowest BCUT2D eigenvalue weighted by molar-refractivity contribution is -0.0402. The first-order valence-electron chi connectivity index (χ1n) is 7.78. The van der Waals surface area contributed by atoms with E-state index >= 15 is 0 Å². The Morgan fingerprint density at radius 1 is 1.25 bits per heavy atom. The Bertz CT molecular complexity index is 374. The number of benzene rings is 1. The van der Waals surface area contributed by atoms with E-state index in [4.69, 9.17) is 10.5 Å². The third-order valence-corrected chi connectivity index (χ3v) is 4.25. The van der Waals surface area contributed by atoms with Crippen LogP contribution in [0.1, 0.15) is 32.3 Å². The third kappa shape index (κ3) is 4.58. The lowest BCUT2D eigenvalue weighted by atomic mass is 9.82. The van der Waals surface area contributed by atoms with Gasteiger partial charge in [-0.3, -0.25) is 0 Å². The van der Waals surface area contributed by atoms with Gasteiger partial charge in [0.2, 0.25) is 0 Å². The van der Waals surface area contributed by atoms with Gasteiger partial charge in [-0.05, 0) is 36.8 Å². The molecule has 3 heteroatoms. The third-order valence-electron chi connectivity index (χ3n) is 4.25. The van der Waals surface area contributed by atoms with Crippen LogP contribution in [0, 0.1) is 11.8 Å². The Morgan fingerprint density at radius 3 is 2.55 bits per heavy atom. The van der Waals surface area contributed by atoms with Crippen molar-refractivity contribution in [2.24, 2.45) is 17.6 Å². The van der Waals surface area contributed by atoms with Crippen molar-refractivity contribution < 1.29 is 4.74 Å². The second kappa shape index (κ2) is 7.77. The van der Waals surface area contributed by atoms with Crippen LogP contribution in [0.4, 0.5) is 0 Å². The smallest absolute Gasteiger partial charge is 0.0720 e. The molecule has 1 fully saturated rings. The Kier molecular flexibility index (Phi) is 6.02. The van der Waals surface area contributed by atoms with Crippen molar-refractivity contribution in [1.29, 1.82) is 0 Å². The van der Waals surface area contributed by atoms with E-state index in [0.29, 0.717) is 18.1 Å². The van der Waals surface area contributed by atoms with Gasteiger partial charge in [0, 0.05) is 12.6 Å². The van der Waals surface area contributed by atoms with E-state index in [0.717, 1.165) is 25.6 Å². The molecule has 1 atom stereocenters. The molecule has 20 heavy (non-hydrogen) atoms. The Morgan fingerprint density at radius 2 is 1.95 bits per heavy atom. The lowest BCUT2D eigenvalue weighted by Gasteiger charge is -2.36. The summed E-state index contributed by atoms with van der Waals surface area (Å²) >= 11 is 0. The summed E-state index contributed by atoms with van der Waals surface area (Å²) in [5, 5.41) is 3.58. The van der Waals surface area contributed by atoms with Gasteiger partial charge in [0.1, 0.15) is 0 Å². The molecule has 1 aromatic rings. The van der Waals surface area contributed by atoms with Gasteiger partial charge in [0.15, 0.2) is 0 Å². The molecule has 0 aromatic heterocycles. The Balaban J connectivity index is 1.58. The maximum atomic E-state index is 5.92. The zero-order valence-electron chi connectivity index (χ0n) is 12.7. The first kappa shape index (κ1) is 15.5. The van der Waals surface area contributed by atoms with Crippen LogP contribution in [-0.4, -0.2) is 25.2 Å². The highest BCUT2D eigenvalue weighted by molar-refractivity contribution is 5.13. The molecular formula is C17H28N2O. The number of rotatable bonds is 8. The fourth-order valence-corrected chi connectivity index (χ4v) is 2.67. The highest BCUT2D eigenvalue weighted by Crippen LogP contribution is 2.30. The molecule has 2 rings (SSSR count). The summed E-state index contributed by atoms with van der Waals surface area (Å²) in [4.78, 5) is 0. The number of ether oxygens (including phenoxy) is 1. The lowest BCUT2D eigenvalue weighted by Crippen LogP contribution is -2.46. The van der Waals surface area contributed by atoms with Crippen molar-refractivity contribution in [3.05, 3.63) is 35.9 Å². The summed E-state index contributed by atoms with van der Waals surface area (Å²) in [6.07, 6.45) is 2.79. The number of hydrogen-bond donors (Lipinski definition) is 2. The highest BCUT2D eigenvalue weighted by Gasteiger charge is 2.30. The van der Waals surface area contributed by atoms with E-state index in [9.17, 15) is 0 Å². The molecule has 0 spiro atoms. The highest BCUT2D eigenvalue weighted by atomic mass is 16.5. The summed E-state index contributed by atoms with van der Waals surface area (Å²) in [5.41, 5.74) is 7.03. The second-order valence-corrected chi connectivity index (χ2v) is 6.25. The van der Waals surface area contributed by atoms with Crippen LogP contribution in [0.2, 0.25) is 0 Å². The van der Waals surface area contributed by atoms with E-state index < -0.39 is 0 Å². The van der Waals surface area contributed by atoms with Gasteiger partial charge in [-0.15, -0.1) is 0 Å². The van der Waals surface area contributed by atoms with Gasteiger partial charge in [0.25, 0.3) is 0 Å². The van der Waals surface area contributed by atoms with Gasteiger partial charge in [-0.1, -0.05) is 44.2 Å². The largest absolute Gasteiger partial charge is 0.374 e. The van der Waals surface area contributed by atoms with Gasteiger partial charge >= 0.3 is 0 Å². The monoisotopic (exact) mass is 276 g/mol. The summed E-state index contributed by atoms with van der Waals surface area (Å²) in [7, 11) is 0. The minimum atomic E-state index is 0.442. The maximum Gasteiger partial charge on any atom is 0.0720 e. The van der Waals surface area contributed by atoms with Crippen LogP contribution >= 0.6 is 0 Å². The van der Waals surface area contributed by atoms with E-state index in [1.165, 1.54) is 18.4 Å². The van der Waals surface area contributed by atoms with Gasteiger partial charge in [-0.2, -0.15) is 0 Å². The maximum absolute atomic E-state index is 5.92. The van der Waals surface area contributed by atoms with Gasteiger partial charge < -0.3 is 15.8 Å². The fourth-order valence-electron chi connectivity index (χ4n) is 2.67. The minimum absolute atomic E-state index is 0.442. The topological polar surface area (TPSA) is 47.3 Å². The Labute approximate surface area is 122 Å². The van der Waals surface area contributed by atoms with Gasteiger partial charge in [-0.25, -0.2) is 0 Å². The molecule has 1 saturated carbocycles. The molecule has 0 saturated heterocycles. The average molecular weight is 276 g/mol. The van der Waals surface area contributed by atoms with Crippen LogP contribution in [0.25, 0.3) is 0 Å². The summed E-state index contributed by atoms with van der Waals surface area (Å²) in [6.45, 7) is 6.97. The normalized spacial score (nSPS) is 23.6. The predicted molar refractivity (Wildman–Crippen MR) is 83.4 cm³/mol. The molecule has 0 aliphatic heterocycles. The van der Waals surface area contributed by atoms with E-state index in [2.05, 4.69) is 43.4 Å². The van der Waals surface area contributed by atoms with E-state index in [1.807, 2.05) is 6.07 Å². The first-order valence-corrected chi connectivity index (χ1v) is 7.78. The standard InChI is InChI=1S/C17H28N2O/c1-13(2)17(10-18)19-11-15-8-16(9-15)20-12-14-6-4-3-5-7-14/h3-7,13,15-17,19H,8-12,18H2,1-2H3. The molecule has 0 heterocycles. The minimum Gasteiger partial charge on any atom is -0.374 e. The molecule has 1 aliphatic carbocycles. The average Bonchev–Trinajstić information content (AvgIpc) is 2.41. The van der Waals surface area contributed by atoms with Crippen LogP contribution < -0.4 is 11.1 Å². The van der Waals surface area contributed by atoms with Gasteiger partial charge in [0.05, 0.1) is 12.7 Å². The summed E-state index contributed by atoms with van der Waals surface area (Å²) in [6, 6.07) is 10.8. The SMILES string of the molecule is CC(C)C(CN)NCC1CC(OCc2ccccc2)C1. The molecule has 112 valence electrons. The van der Waals surface area contributed by atoms with Crippen molar-refractivity contribution in [3.8, 4) is 0 Å². The van der Waals surface area contributed by atoms with Crippen molar-refractivity contribution in [2.45, 2.75) is 45.4 Å². The number of hydrogen-bond acceptors (Lipinski definition) is 3. The zero-order chi connectivity index (χ0) is 14.4. The molecule has 3 N–H and O–H groups in total. The number of nitrogens with one attached hydrogen (secondary N) is 1. The Hall–Kier alpha value is -0.900. The van der Waals surface area contributed by atoms with E-state index in [-0.39, 0.29) is 0 Å². The molecule has 3 nitrogen and oxygen atoms in total. The van der Waals surface area contributed by atoms with Crippen LogP contribution in [-0.2, 0) is 11.3 Å². The van der Waals surface area contributed by atoms with Crippen LogP contribution in [0.5, 0.6) is 0 Å².